The number of rotatable bonds is 4. The lowest BCUT2D eigenvalue weighted by atomic mass is 10.0. The number of carbonyl (C=O) groups is 2. The summed E-state index contributed by atoms with van der Waals surface area (Å²) >= 11 is 0. The molecular weight excluding hydrogens is 250 g/mol. The van der Waals surface area contributed by atoms with Crippen molar-refractivity contribution in [3.05, 3.63) is 23.2 Å². The van der Waals surface area contributed by atoms with E-state index in [9.17, 15) is 9.59 Å². The van der Waals surface area contributed by atoms with Crippen LogP contribution in [0, 0.1) is 6.92 Å². The molecule has 0 saturated carbocycles. The van der Waals surface area contributed by atoms with Gasteiger partial charge in [0.1, 0.15) is 22.7 Å². The summed E-state index contributed by atoms with van der Waals surface area (Å²) in [5, 5.41) is 11.6. The molecule has 0 aromatic carbocycles. The van der Waals surface area contributed by atoms with Crippen LogP contribution >= 0.6 is 0 Å². The Morgan fingerprint density at radius 2 is 2.26 bits per heavy atom. The summed E-state index contributed by atoms with van der Waals surface area (Å²) in [5.74, 6) is -0.481. The van der Waals surface area contributed by atoms with Crippen molar-refractivity contribution < 1.29 is 23.8 Å². The van der Waals surface area contributed by atoms with Crippen LogP contribution in [-0.4, -0.2) is 29.2 Å². The van der Waals surface area contributed by atoms with E-state index in [0.717, 1.165) is 6.42 Å². The summed E-state index contributed by atoms with van der Waals surface area (Å²) < 4.78 is 10.7. The van der Waals surface area contributed by atoms with Crippen LogP contribution in [0.3, 0.4) is 0 Å². The molecule has 1 aromatic rings. The molecule has 1 unspecified atom stereocenters. The lowest BCUT2D eigenvalue weighted by molar-refractivity contribution is -0.139. The molecule has 0 bridgehead atoms. The Hall–Kier alpha value is -1.82. The average molecular weight is 267 g/mol. The molecule has 1 aliphatic heterocycles. The molecule has 0 spiro atoms. The molecule has 19 heavy (non-hydrogen) atoms. The Morgan fingerprint density at radius 3 is 2.79 bits per heavy atom. The van der Waals surface area contributed by atoms with Crippen molar-refractivity contribution in [2.75, 3.05) is 6.61 Å². The quantitative estimate of drug-likeness (QED) is 0.862. The van der Waals surface area contributed by atoms with Gasteiger partial charge in [0.25, 0.3) is 5.91 Å². The highest BCUT2D eigenvalue weighted by Crippen LogP contribution is 2.25. The summed E-state index contributed by atoms with van der Waals surface area (Å²) in [7, 11) is 0. The van der Waals surface area contributed by atoms with E-state index in [1.165, 1.54) is 6.07 Å². The minimum absolute atomic E-state index is 0.118. The first kappa shape index (κ1) is 13.6. The first-order valence-corrected chi connectivity index (χ1v) is 6.17. The zero-order valence-electron chi connectivity index (χ0n) is 11.0. The van der Waals surface area contributed by atoms with E-state index in [4.69, 9.17) is 14.3 Å². The second kappa shape index (κ2) is 5.05. The van der Waals surface area contributed by atoms with E-state index >= 15 is 0 Å². The van der Waals surface area contributed by atoms with Gasteiger partial charge in [0.05, 0.1) is 6.54 Å². The number of ether oxygens (including phenoxy) is 1. The van der Waals surface area contributed by atoms with Crippen LogP contribution in [0.1, 0.15) is 41.6 Å². The molecule has 6 nitrogen and oxygen atoms in total. The maximum Gasteiger partial charge on any atom is 0.339 e. The number of hydrogen-bond acceptors (Lipinski definition) is 4. The molecular formula is C13H17NO5. The van der Waals surface area contributed by atoms with Crippen molar-refractivity contribution >= 4 is 11.9 Å². The van der Waals surface area contributed by atoms with Gasteiger partial charge in [-0.15, -0.1) is 0 Å². The summed E-state index contributed by atoms with van der Waals surface area (Å²) in [6, 6.07) is 1.43. The minimum atomic E-state index is -1.04. The van der Waals surface area contributed by atoms with Gasteiger partial charge in [0, 0.05) is 6.61 Å². The Kier molecular flexibility index (Phi) is 3.61. The van der Waals surface area contributed by atoms with E-state index < -0.39 is 11.6 Å². The standard InChI is InChI=1S/C13H17NO5/c1-8-10(11(15)16)6-9(19-8)7-14-12(17)13(2)4-3-5-18-13/h6H,3-5,7H2,1-2H3,(H,14,17)(H,15,16). The van der Waals surface area contributed by atoms with Gasteiger partial charge in [-0.3, -0.25) is 4.79 Å². The molecule has 1 aliphatic rings. The van der Waals surface area contributed by atoms with Crippen LogP contribution in [-0.2, 0) is 16.1 Å². The van der Waals surface area contributed by atoms with Gasteiger partial charge in [-0.2, -0.15) is 0 Å². The molecule has 0 aliphatic carbocycles. The number of nitrogens with one attached hydrogen (secondary N) is 1. The van der Waals surface area contributed by atoms with Crippen LogP contribution in [0.15, 0.2) is 10.5 Å². The highest BCUT2D eigenvalue weighted by molar-refractivity contribution is 5.89. The Balaban J connectivity index is 1.97. The maximum absolute atomic E-state index is 12.0. The van der Waals surface area contributed by atoms with Crippen LogP contribution in [0.4, 0.5) is 0 Å². The van der Waals surface area contributed by atoms with Crippen molar-refractivity contribution in [1.29, 1.82) is 0 Å². The molecule has 2 heterocycles. The first-order valence-electron chi connectivity index (χ1n) is 6.17. The topological polar surface area (TPSA) is 88.8 Å². The SMILES string of the molecule is Cc1oc(CNC(=O)C2(C)CCCO2)cc1C(=O)O. The summed E-state index contributed by atoms with van der Waals surface area (Å²) in [5.41, 5.74) is -0.662. The highest BCUT2D eigenvalue weighted by Gasteiger charge is 2.37. The number of furan rings is 1. The largest absolute Gasteiger partial charge is 0.478 e. The Bertz CT molecular complexity index is 499. The first-order chi connectivity index (χ1) is 8.92. The third-order valence-electron chi connectivity index (χ3n) is 3.32. The third-order valence-corrected chi connectivity index (χ3v) is 3.32. The fourth-order valence-electron chi connectivity index (χ4n) is 2.16. The smallest absolute Gasteiger partial charge is 0.339 e. The van der Waals surface area contributed by atoms with Gasteiger partial charge >= 0.3 is 5.97 Å². The van der Waals surface area contributed by atoms with Crippen molar-refractivity contribution in [1.82, 2.24) is 5.32 Å². The maximum atomic E-state index is 12.0. The lowest BCUT2D eigenvalue weighted by Gasteiger charge is -2.21. The second-order valence-electron chi connectivity index (χ2n) is 4.85. The van der Waals surface area contributed by atoms with E-state index in [1.54, 1.807) is 13.8 Å². The minimum Gasteiger partial charge on any atom is -0.478 e. The third kappa shape index (κ3) is 2.78. The van der Waals surface area contributed by atoms with Gasteiger partial charge in [-0.05, 0) is 32.8 Å². The summed E-state index contributed by atoms with van der Waals surface area (Å²) in [6.07, 6.45) is 1.56. The molecule has 104 valence electrons. The van der Waals surface area contributed by atoms with E-state index in [0.29, 0.717) is 24.5 Å². The molecule has 0 radical (unpaired) electrons. The molecule has 1 saturated heterocycles. The summed E-state index contributed by atoms with van der Waals surface area (Å²) in [6.45, 7) is 4.08. The number of aryl methyl sites for hydroxylation is 1. The zero-order chi connectivity index (χ0) is 14.0. The Morgan fingerprint density at radius 1 is 1.53 bits per heavy atom. The predicted octanol–water partition coefficient (Wildman–Crippen LogP) is 1.47. The van der Waals surface area contributed by atoms with Gasteiger partial charge in [-0.1, -0.05) is 0 Å². The number of carbonyl (C=O) groups excluding carboxylic acids is 1. The molecule has 1 atom stereocenters. The summed E-state index contributed by atoms with van der Waals surface area (Å²) in [4.78, 5) is 22.8. The molecule has 2 N–H and O–H groups in total. The van der Waals surface area contributed by atoms with E-state index in [1.807, 2.05) is 0 Å². The monoisotopic (exact) mass is 267 g/mol. The van der Waals surface area contributed by atoms with Crippen LogP contribution in [0.2, 0.25) is 0 Å². The normalized spacial score (nSPS) is 22.4. The van der Waals surface area contributed by atoms with Crippen LogP contribution in [0.5, 0.6) is 0 Å². The zero-order valence-corrected chi connectivity index (χ0v) is 11.0. The number of hydrogen-bond donors (Lipinski definition) is 2. The number of aromatic carboxylic acids is 1. The lowest BCUT2D eigenvalue weighted by Crippen LogP contribution is -2.43. The fourth-order valence-corrected chi connectivity index (χ4v) is 2.16. The molecule has 6 heteroatoms. The van der Waals surface area contributed by atoms with Crippen molar-refractivity contribution in [2.24, 2.45) is 0 Å². The molecule has 1 amide bonds. The van der Waals surface area contributed by atoms with E-state index in [2.05, 4.69) is 5.32 Å². The molecule has 1 aromatic heterocycles. The van der Waals surface area contributed by atoms with E-state index in [-0.39, 0.29) is 18.0 Å². The fraction of sp³-hybridized carbons (Fsp3) is 0.538. The van der Waals surface area contributed by atoms with Crippen molar-refractivity contribution in [3.8, 4) is 0 Å². The van der Waals surface area contributed by atoms with Crippen molar-refractivity contribution in [2.45, 2.75) is 38.8 Å². The van der Waals surface area contributed by atoms with Gasteiger partial charge in [0.15, 0.2) is 0 Å². The van der Waals surface area contributed by atoms with Gasteiger partial charge < -0.3 is 19.6 Å². The van der Waals surface area contributed by atoms with Crippen LogP contribution in [0.25, 0.3) is 0 Å². The average Bonchev–Trinajstić information content (AvgIpc) is 2.93. The Labute approximate surface area is 110 Å². The van der Waals surface area contributed by atoms with Gasteiger partial charge in [-0.25, -0.2) is 4.79 Å². The molecule has 2 rings (SSSR count). The second-order valence-corrected chi connectivity index (χ2v) is 4.85. The highest BCUT2D eigenvalue weighted by atomic mass is 16.5. The molecule has 1 fully saturated rings. The number of carboxylic acid groups (broad SMARTS) is 1. The number of carboxylic acids is 1. The van der Waals surface area contributed by atoms with Gasteiger partial charge in [0.2, 0.25) is 0 Å². The van der Waals surface area contributed by atoms with Crippen LogP contribution < -0.4 is 5.32 Å². The number of amides is 1. The predicted molar refractivity (Wildman–Crippen MR) is 65.8 cm³/mol. The van der Waals surface area contributed by atoms with Crippen molar-refractivity contribution in [3.63, 3.8) is 0 Å².